The first-order valence-corrected chi connectivity index (χ1v) is 5.69. The van der Waals surface area contributed by atoms with Crippen molar-refractivity contribution in [2.75, 3.05) is 6.54 Å². The lowest BCUT2D eigenvalue weighted by atomic mass is 10.1. The number of hydrogen-bond donors (Lipinski definition) is 1. The first kappa shape index (κ1) is 10.4. The van der Waals surface area contributed by atoms with E-state index in [1.54, 1.807) is 0 Å². The molecule has 1 nitrogen and oxygen atoms in total. The minimum absolute atomic E-state index is 0.637. The molecule has 0 atom stereocenters. The van der Waals surface area contributed by atoms with Gasteiger partial charge in [-0.15, -0.1) is 0 Å². The van der Waals surface area contributed by atoms with Gasteiger partial charge in [-0.1, -0.05) is 35.9 Å². The highest BCUT2D eigenvalue weighted by molar-refractivity contribution is 5.33. The van der Waals surface area contributed by atoms with E-state index in [9.17, 15) is 0 Å². The number of nitrogens with one attached hydrogen (secondary N) is 1. The average Bonchev–Trinajstić information content (AvgIpc) is 2.59. The van der Waals surface area contributed by atoms with Gasteiger partial charge in [-0.25, -0.2) is 0 Å². The van der Waals surface area contributed by atoms with Crippen LogP contribution in [0.2, 0.25) is 0 Å². The predicted octanol–water partition coefficient (Wildman–Crippen LogP) is 2.71. The monoisotopic (exact) mass is 201 g/mol. The zero-order valence-electron chi connectivity index (χ0n) is 9.59. The highest BCUT2D eigenvalue weighted by atomic mass is 14.9. The second-order valence-corrected chi connectivity index (χ2v) is 4.56. The van der Waals surface area contributed by atoms with Gasteiger partial charge in [-0.2, -0.15) is 0 Å². The lowest BCUT2D eigenvalue weighted by Gasteiger charge is -2.09. The summed E-state index contributed by atoms with van der Waals surface area (Å²) in [6, 6.07) is 9.41. The second-order valence-electron chi connectivity index (χ2n) is 4.56. The maximum absolute atomic E-state index is 3.58. The topological polar surface area (TPSA) is 12.0 Å². The van der Waals surface area contributed by atoms with Crippen molar-refractivity contribution < 1.29 is 0 Å². The van der Waals surface area contributed by atoms with E-state index in [0.717, 1.165) is 6.54 Å². The Morgan fingerprint density at radius 2 is 1.87 bits per heavy atom. The SMILES string of the molecule is CC(C)=CCNC1Cc2ccccc2C1. The molecule has 1 N–H and O–H groups in total. The highest BCUT2D eigenvalue weighted by Crippen LogP contribution is 2.21. The molecule has 1 aromatic carbocycles. The number of hydrogen-bond acceptors (Lipinski definition) is 1. The Bertz CT molecular complexity index is 336. The molecule has 0 unspecified atom stereocenters. The van der Waals surface area contributed by atoms with Crippen molar-refractivity contribution in [1.82, 2.24) is 5.32 Å². The Labute approximate surface area is 92.2 Å². The summed E-state index contributed by atoms with van der Waals surface area (Å²) in [4.78, 5) is 0. The van der Waals surface area contributed by atoms with E-state index in [1.165, 1.54) is 29.5 Å². The van der Waals surface area contributed by atoms with Crippen LogP contribution in [0, 0.1) is 0 Å². The molecule has 0 bridgehead atoms. The van der Waals surface area contributed by atoms with Crippen molar-refractivity contribution in [2.45, 2.75) is 32.7 Å². The predicted molar refractivity (Wildman–Crippen MR) is 65.1 cm³/mol. The van der Waals surface area contributed by atoms with Crippen LogP contribution in [0.4, 0.5) is 0 Å². The van der Waals surface area contributed by atoms with Crippen LogP contribution in [-0.4, -0.2) is 12.6 Å². The van der Waals surface area contributed by atoms with Gasteiger partial charge in [0, 0.05) is 12.6 Å². The van der Waals surface area contributed by atoms with Gasteiger partial charge < -0.3 is 5.32 Å². The smallest absolute Gasteiger partial charge is 0.0151 e. The van der Waals surface area contributed by atoms with E-state index < -0.39 is 0 Å². The summed E-state index contributed by atoms with van der Waals surface area (Å²) in [6.07, 6.45) is 4.63. The summed E-state index contributed by atoms with van der Waals surface area (Å²) in [6.45, 7) is 5.29. The summed E-state index contributed by atoms with van der Waals surface area (Å²) >= 11 is 0. The van der Waals surface area contributed by atoms with Gasteiger partial charge in [0.25, 0.3) is 0 Å². The van der Waals surface area contributed by atoms with Crippen molar-refractivity contribution >= 4 is 0 Å². The molecular weight excluding hydrogens is 182 g/mol. The van der Waals surface area contributed by atoms with Crippen LogP contribution in [0.3, 0.4) is 0 Å². The van der Waals surface area contributed by atoms with E-state index in [1.807, 2.05) is 0 Å². The lowest BCUT2D eigenvalue weighted by Crippen LogP contribution is -2.29. The molecule has 0 fully saturated rings. The Balaban J connectivity index is 1.88. The summed E-state index contributed by atoms with van der Waals surface area (Å²) < 4.78 is 0. The van der Waals surface area contributed by atoms with Gasteiger partial charge in [0.1, 0.15) is 0 Å². The molecule has 15 heavy (non-hydrogen) atoms. The van der Waals surface area contributed by atoms with Gasteiger partial charge in [0.15, 0.2) is 0 Å². The van der Waals surface area contributed by atoms with Gasteiger partial charge in [0.05, 0.1) is 0 Å². The molecule has 80 valence electrons. The van der Waals surface area contributed by atoms with Crippen LogP contribution in [0.15, 0.2) is 35.9 Å². The van der Waals surface area contributed by atoms with E-state index in [-0.39, 0.29) is 0 Å². The van der Waals surface area contributed by atoms with Gasteiger partial charge >= 0.3 is 0 Å². The molecule has 0 aromatic heterocycles. The third kappa shape index (κ3) is 2.69. The number of benzene rings is 1. The maximum Gasteiger partial charge on any atom is 0.0151 e. The molecule has 0 amide bonds. The fourth-order valence-electron chi connectivity index (χ4n) is 2.13. The zero-order valence-corrected chi connectivity index (χ0v) is 9.59. The molecule has 2 rings (SSSR count). The third-order valence-electron chi connectivity index (χ3n) is 2.97. The van der Waals surface area contributed by atoms with Crippen molar-refractivity contribution in [3.63, 3.8) is 0 Å². The van der Waals surface area contributed by atoms with Crippen LogP contribution in [0.25, 0.3) is 0 Å². The van der Waals surface area contributed by atoms with E-state index in [4.69, 9.17) is 0 Å². The number of rotatable bonds is 3. The van der Waals surface area contributed by atoms with E-state index >= 15 is 0 Å². The maximum atomic E-state index is 3.58. The lowest BCUT2D eigenvalue weighted by molar-refractivity contribution is 0.566. The van der Waals surface area contributed by atoms with Crippen molar-refractivity contribution in [3.05, 3.63) is 47.0 Å². The quantitative estimate of drug-likeness (QED) is 0.741. The summed E-state index contributed by atoms with van der Waals surface area (Å²) in [5.74, 6) is 0. The van der Waals surface area contributed by atoms with Crippen molar-refractivity contribution in [1.29, 1.82) is 0 Å². The molecule has 0 spiro atoms. The Kier molecular flexibility index (Phi) is 3.22. The fourth-order valence-corrected chi connectivity index (χ4v) is 2.13. The van der Waals surface area contributed by atoms with E-state index in [2.05, 4.69) is 49.5 Å². The number of allylic oxidation sites excluding steroid dienone is 1. The first-order valence-electron chi connectivity index (χ1n) is 5.69. The van der Waals surface area contributed by atoms with Crippen LogP contribution in [0.1, 0.15) is 25.0 Å². The fraction of sp³-hybridized carbons (Fsp3) is 0.429. The summed E-state index contributed by atoms with van der Waals surface area (Å²) in [5.41, 5.74) is 4.43. The molecule has 0 aliphatic heterocycles. The minimum Gasteiger partial charge on any atom is -0.310 e. The Morgan fingerprint density at radius 1 is 1.27 bits per heavy atom. The Morgan fingerprint density at radius 3 is 2.40 bits per heavy atom. The molecule has 1 aromatic rings. The standard InChI is InChI=1S/C14H19N/c1-11(2)7-8-15-14-9-12-5-3-4-6-13(12)10-14/h3-7,14-15H,8-10H2,1-2H3. The molecule has 1 heteroatoms. The van der Waals surface area contributed by atoms with Crippen LogP contribution in [0.5, 0.6) is 0 Å². The molecule has 1 aliphatic rings. The van der Waals surface area contributed by atoms with Crippen molar-refractivity contribution in [3.8, 4) is 0 Å². The van der Waals surface area contributed by atoms with E-state index in [0.29, 0.717) is 6.04 Å². The summed E-state index contributed by atoms with van der Waals surface area (Å²) in [5, 5.41) is 3.58. The zero-order chi connectivity index (χ0) is 10.7. The molecule has 0 radical (unpaired) electrons. The third-order valence-corrected chi connectivity index (χ3v) is 2.97. The van der Waals surface area contributed by atoms with Gasteiger partial charge in [-0.05, 0) is 37.8 Å². The Hall–Kier alpha value is -1.08. The molecule has 0 saturated carbocycles. The average molecular weight is 201 g/mol. The first-order chi connectivity index (χ1) is 7.25. The molecule has 0 heterocycles. The molecular formula is C14H19N. The summed E-state index contributed by atoms with van der Waals surface area (Å²) in [7, 11) is 0. The number of fused-ring (bicyclic) bond motifs is 1. The van der Waals surface area contributed by atoms with Crippen LogP contribution >= 0.6 is 0 Å². The molecule has 1 aliphatic carbocycles. The second kappa shape index (κ2) is 4.63. The van der Waals surface area contributed by atoms with Crippen molar-refractivity contribution in [2.24, 2.45) is 0 Å². The molecule has 0 saturated heterocycles. The normalized spacial score (nSPS) is 15.1. The van der Waals surface area contributed by atoms with Crippen LogP contribution < -0.4 is 5.32 Å². The van der Waals surface area contributed by atoms with Gasteiger partial charge in [-0.3, -0.25) is 0 Å². The van der Waals surface area contributed by atoms with Crippen LogP contribution in [-0.2, 0) is 12.8 Å². The van der Waals surface area contributed by atoms with Gasteiger partial charge in [0.2, 0.25) is 0 Å². The minimum atomic E-state index is 0.637. The largest absolute Gasteiger partial charge is 0.310 e. The highest BCUT2D eigenvalue weighted by Gasteiger charge is 2.19.